The first-order valence-electron chi connectivity index (χ1n) is 6.85. The summed E-state index contributed by atoms with van der Waals surface area (Å²) in [5, 5.41) is 13.4. The smallest absolute Gasteiger partial charge is 0.407 e. The van der Waals surface area contributed by atoms with Crippen LogP contribution in [0.3, 0.4) is 0 Å². The zero-order valence-electron chi connectivity index (χ0n) is 11.7. The number of benzene rings is 1. The molecular formula is C15H17N3O3. The normalized spacial score (nSPS) is 18.0. The Labute approximate surface area is 122 Å². The summed E-state index contributed by atoms with van der Waals surface area (Å²) in [6.07, 6.45) is 1.68. The van der Waals surface area contributed by atoms with Crippen LogP contribution in [0.15, 0.2) is 30.5 Å². The molecule has 1 fully saturated rings. The fourth-order valence-corrected chi connectivity index (χ4v) is 2.71. The molecule has 0 radical (unpaired) electrons. The fourth-order valence-electron chi connectivity index (χ4n) is 2.71. The lowest BCUT2D eigenvalue weighted by Gasteiger charge is -2.17. The fraction of sp³-hybridized carbons (Fsp3) is 0.333. The van der Waals surface area contributed by atoms with Crippen LogP contribution in [0.4, 0.5) is 10.5 Å². The number of likely N-dealkylation sites (tertiary alicyclic amines) is 1. The van der Waals surface area contributed by atoms with Crippen molar-refractivity contribution in [2.45, 2.75) is 12.5 Å². The second-order valence-electron chi connectivity index (χ2n) is 5.07. The molecule has 1 amide bonds. The van der Waals surface area contributed by atoms with E-state index in [-0.39, 0.29) is 6.04 Å². The summed E-state index contributed by atoms with van der Waals surface area (Å²) in [5.74, 6) is 0.731. The van der Waals surface area contributed by atoms with Gasteiger partial charge in [0.2, 0.25) is 0 Å². The van der Waals surface area contributed by atoms with Crippen LogP contribution in [-0.2, 0) is 0 Å². The van der Waals surface area contributed by atoms with Gasteiger partial charge in [0.15, 0.2) is 0 Å². The summed E-state index contributed by atoms with van der Waals surface area (Å²) in [4.78, 5) is 16.8. The van der Waals surface area contributed by atoms with Gasteiger partial charge in [-0.05, 0) is 30.7 Å². The molecule has 2 N–H and O–H groups in total. The Kier molecular flexibility index (Phi) is 3.51. The first-order valence-corrected chi connectivity index (χ1v) is 6.85. The van der Waals surface area contributed by atoms with E-state index in [0.717, 1.165) is 28.8 Å². The number of methoxy groups -OCH3 is 1. The van der Waals surface area contributed by atoms with Crippen molar-refractivity contribution in [2.75, 3.05) is 25.5 Å². The molecule has 6 heteroatoms. The molecule has 2 heterocycles. The number of pyridine rings is 1. The second-order valence-corrected chi connectivity index (χ2v) is 5.07. The van der Waals surface area contributed by atoms with Gasteiger partial charge in [-0.25, -0.2) is 4.79 Å². The standard InChI is InChI=1S/C15H17N3O3/c1-21-13-5-4-12(11-3-2-7-16-14(11)13)17-10-6-8-18(9-10)15(19)20/h2-5,7,10,17H,6,8-9H2,1H3,(H,19,20). The first-order chi connectivity index (χ1) is 10.2. The van der Waals surface area contributed by atoms with Crippen LogP contribution in [0, 0.1) is 0 Å². The molecule has 0 aliphatic carbocycles. The molecule has 3 rings (SSSR count). The van der Waals surface area contributed by atoms with Crippen molar-refractivity contribution >= 4 is 22.7 Å². The minimum atomic E-state index is -0.861. The van der Waals surface area contributed by atoms with Crippen molar-refractivity contribution < 1.29 is 14.6 Å². The van der Waals surface area contributed by atoms with Gasteiger partial charge in [-0.15, -0.1) is 0 Å². The largest absolute Gasteiger partial charge is 0.494 e. The molecule has 1 atom stereocenters. The Hall–Kier alpha value is -2.50. The quantitative estimate of drug-likeness (QED) is 0.906. The van der Waals surface area contributed by atoms with Gasteiger partial charge < -0.3 is 20.1 Å². The number of carboxylic acid groups (broad SMARTS) is 1. The van der Waals surface area contributed by atoms with E-state index in [0.29, 0.717) is 13.1 Å². The van der Waals surface area contributed by atoms with Crippen LogP contribution in [0.2, 0.25) is 0 Å². The van der Waals surface area contributed by atoms with E-state index in [9.17, 15) is 4.79 Å². The van der Waals surface area contributed by atoms with Crippen LogP contribution < -0.4 is 10.1 Å². The number of amides is 1. The maximum Gasteiger partial charge on any atom is 0.407 e. The number of rotatable bonds is 3. The highest BCUT2D eigenvalue weighted by atomic mass is 16.5. The van der Waals surface area contributed by atoms with E-state index in [1.807, 2.05) is 24.3 Å². The van der Waals surface area contributed by atoms with Crippen molar-refractivity contribution in [3.63, 3.8) is 0 Å². The lowest BCUT2D eigenvalue weighted by molar-refractivity contribution is 0.155. The van der Waals surface area contributed by atoms with Crippen LogP contribution in [0.1, 0.15) is 6.42 Å². The highest BCUT2D eigenvalue weighted by molar-refractivity contribution is 5.95. The SMILES string of the molecule is COc1ccc(NC2CCN(C(=O)O)C2)c2cccnc12. The van der Waals surface area contributed by atoms with Crippen LogP contribution in [0.5, 0.6) is 5.75 Å². The van der Waals surface area contributed by atoms with Gasteiger partial charge >= 0.3 is 6.09 Å². The Morgan fingerprint density at radius 2 is 2.33 bits per heavy atom. The van der Waals surface area contributed by atoms with Crippen LogP contribution in [0.25, 0.3) is 10.9 Å². The summed E-state index contributed by atoms with van der Waals surface area (Å²) in [6.45, 7) is 1.07. The molecule has 1 aromatic carbocycles. The van der Waals surface area contributed by atoms with Crippen molar-refractivity contribution in [3.05, 3.63) is 30.5 Å². The molecule has 0 bridgehead atoms. The summed E-state index contributed by atoms with van der Waals surface area (Å²) in [6, 6.07) is 7.81. The van der Waals surface area contributed by atoms with Crippen LogP contribution >= 0.6 is 0 Å². The van der Waals surface area contributed by atoms with Gasteiger partial charge in [0.05, 0.1) is 7.11 Å². The van der Waals surface area contributed by atoms with E-state index in [4.69, 9.17) is 9.84 Å². The minimum Gasteiger partial charge on any atom is -0.494 e. The van der Waals surface area contributed by atoms with E-state index >= 15 is 0 Å². The van der Waals surface area contributed by atoms with Gasteiger partial charge in [-0.3, -0.25) is 4.98 Å². The minimum absolute atomic E-state index is 0.123. The third-order valence-electron chi connectivity index (χ3n) is 3.77. The van der Waals surface area contributed by atoms with Gasteiger partial charge in [-0.1, -0.05) is 0 Å². The monoisotopic (exact) mass is 287 g/mol. The Balaban J connectivity index is 1.87. The zero-order valence-corrected chi connectivity index (χ0v) is 11.7. The van der Waals surface area contributed by atoms with Gasteiger partial charge in [-0.2, -0.15) is 0 Å². The summed E-state index contributed by atoms with van der Waals surface area (Å²) >= 11 is 0. The molecular weight excluding hydrogens is 270 g/mol. The molecule has 21 heavy (non-hydrogen) atoms. The maximum atomic E-state index is 11.0. The lowest BCUT2D eigenvalue weighted by atomic mass is 10.1. The van der Waals surface area contributed by atoms with Gasteiger partial charge in [0.25, 0.3) is 0 Å². The molecule has 2 aromatic rings. The number of aromatic nitrogens is 1. The number of hydrogen-bond acceptors (Lipinski definition) is 4. The highest BCUT2D eigenvalue weighted by Gasteiger charge is 2.26. The number of fused-ring (bicyclic) bond motifs is 1. The van der Waals surface area contributed by atoms with Crippen molar-refractivity contribution in [2.24, 2.45) is 0 Å². The zero-order chi connectivity index (χ0) is 14.8. The summed E-state index contributed by atoms with van der Waals surface area (Å²) in [5.41, 5.74) is 1.76. The van der Waals surface area contributed by atoms with Gasteiger partial charge in [0.1, 0.15) is 11.3 Å². The van der Waals surface area contributed by atoms with Crippen LogP contribution in [-0.4, -0.2) is 47.3 Å². The number of nitrogens with one attached hydrogen (secondary N) is 1. The van der Waals surface area contributed by atoms with E-state index in [1.165, 1.54) is 4.90 Å². The van der Waals surface area contributed by atoms with Crippen molar-refractivity contribution in [1.29, 1.82) is 0 Å². The molecule has 0 saturated carbocycles. The number of hydrogen-bond donors (Lipinski definition) is 2. The predicted molar refractivity (Wildman–Crippen MR) is 79.9 cm³/mol. The summed E-state index contributed by atoms with van der Waals surface area (Å²) in [7, 11) is 1.62. The molecule has 0 spiro atoms. The Morgan fingerprint density at radius 3 is 3.05 bits per heavy atom. The van der Waals surface area contributed by atoms with Crippen molar-refractivity contribution in [3.8, 4) is 5.75 Å². The average Bonchev–Trinajstić information content (AvgIpc) is 2.96. The first kappa shape index (κ1) is 13.5. The number of carbonyl (C=O) groups is 1. The molecule has 1 aliphatic rings. The van der Waals surface area contributed by atoms with E-state index < -0.39 is 6.09 Å². The highest BCUT2D eigenvalue weighted by Crippen LogP contribution is 2.30. The molecule has 1 aliphatic heterocycles. The van der Waals surface area contributed by atoms with E-state index in [2.05, 4.69) is 10.3 Å². The average molecular weight is 287 g/mol. The summed E-state index contributed by atoms with van der Waals surface area (Å²) < 4.78 is 5.32. The Morgan fingerprint density at radius 1 is 1.48 bits per heavy atom. The topological polar surface area (TPSA) is 74.7 Å². The molecule has 1 unspecified atom stereocenters. The number of ether oxygens (including phenoxy) is 1. The molecule has 1 saturated heterocycles. The molecule has 110 valence electrons. The van der Waals surface area contributed by atoms with E-state index in [1.54, 1.807) is 13.3 Å². The maximum absolute atomic E-state index is 11.0. The Bertz CT molecular complexity index is 674. The third-order valence-corrected chi connectivity index (χ3v) is 3.77. The second kappa shape index (κ2) is 5.47. The number of anilines is 1. The molecule has 6 nitrogen and oxygen atoms in total. The molecule has 1 aromatic heterocycles. The van der Waals surface area contributed by atoms with Gasteiger partial charge in [0, 0.05) is 36.4 Å². The third kappa shape index (κ3) is 2.56. The lowest BCUT2D eigenvalue weighted by Crippen LogP contribution is -2.30. The van der Waals surface area contributed by atoms with Crippen molar-refractivity contribution in [1.82, 2.24) is 9.88 Å². The predicted octanol–water partition coefficient (Wildman–Crippen LogP) is 2.41. The number of nitrogens with zero attached hydrogens (tertiary/aromatic N) is 2.